The van der Waals surface area contributed by atoms with E-state index in [1.807, 2.05) is 6.20 Å². The molecule has 1 aromatic rings. The van der Waals surface area contributed by atoms with E-state index in [4.69, 9.17) is 4.99 Å². The second kappa shape index (κ2) is 9.92. The van der Waals surface area contributed by atoms with Crippen LogP contribution in [-0.2, 0) is 13.1 Å². The molecule has 1 aliphatic heterocycles. The number of aromatic nitrogens is 2. The smallest absolute Gasteiger partial charge is 0.191 e. The molecule has 0 radical (unpaired) electrons. The summed E-state index contributed by atoms with van der Waals surface area (Å²) in [5.74, 6) is 2.55. The molecule has 0 amide bonds. The summed E-state index contributed by atoms with van der Waals surface area (Å²) in [4.78, 5) is 11.9. The monoisotopic (exact) mass is 474 g/mol. The van der Waals surface area contributed by atoms with E-state index in [0.29, 0.717) is 24.5 Å². The quantitative estimate of drug-likeness (QED) is 0.363. The summed E-state index contributed by atoms with van der Waals surface area (Å²) >= 11 is 0. The molecular formula is C19H35IN6. The molecule has 7 heteroatoms. The minimum Gasteiger partial charge on any atom is -0.357 e. The zero-order valence-electron chi connectivity index (χ0n) is 16.6. The van der Waals surface area contributed by atoms with Gasteiger partial charge in [-0.2, -0.15) is 0 Å². The molecule has 148 valence electrons. The van der Waals surface area contributed by atoms with E-state index in [2.05, 4.69) is 59.0 Å². The van der Waals surface area contributed by atoms with E-state index in [1.165, 1.54) is 19.3 Å². The lowest BCUT2D eigenvalue weighted by Gasteiger charge is -2.20. The van der Waals surface area contributed by atoms with Crippen molar-refractivity contribution in [3.63, 3.8) is 0 Å². The molecule has 1 aromatic heterocycles. The number of hydrogen-bond acceptors (Lipinski definition) is 3. The van der Waals surface area contributed by atoms with Gasteiger partial charge in [0.1, 0.15) is 12.4 Å². The van der Waals surface area contributed by atoms with Gasteiger partial charge in [0, 0.05) is 50.2 Å². The van der Waals surface area contributed by atoms with Crippen molar-refractivity contribution in [2.75, 3.05) is 13.1 Å². The fourth-order valence-electron chi connectivity index (χ4n) is 3.79. The largest absolute Gasteiger partial charge is 0.357 e. The molecule has 0 aromatic carbocycles. The molecule has 0 spiro atoms. The van der Waals surface area contributed by atoms with Gasteiger partial charge in [-0.05, 0) is 39.0 Å². The maximum atomic E-state index is 4.79. The second-order valence-corrected chi connectivity index (χ2v) is 7.94. The molecule has 6 nitrogen and oxygen atoms in total. The molecule has 2 aliphatic rings. The number of rotatable bonds is 7. The van der Waals surface area contributed by atoms with Gasteiger partial charge in [-0.3, -0.25) is 4.90 Å². The Morgan fingerprint density at radius 3 is 2.81 bits per heavy atom. The first-order valence-electron chi connectivity index (χ1n) is 9.87. The third-order valence-electron chi connectivity index (χ3n) is 5.07. The molecule has 1 saturated heterocycles. The van der Waals surface area contributed by atoms with Crippen LogP contribution in [-0.4, -0.2) is 51.6 Å². The van der Waals surface area contributed by atoms with Gasteiger partial charge in [0.2, 0.25) is 0 Å². The van der Waals surface area contributed by atoms with Crippen LogP contribution in [0.1, 0.15) is 52.8 Å². The number of hydrogen-bond donors (Lipinski definition) is 2. The van der Waals surface area contributed by atoms with Crippen LogP contribution in [0, 0.1) is 5.92 Å². The molecule has 3 rings (SSSR count). The van der Waals surface area contributed by atoms with Gasteiger partial charge in [-0.15, -0.1) is 24.0 Å². The summed E-state index contributed by atoms with van der Waals surface area (Å²) < 4.78 is 2.21. The molecule has 2 fully saturated rings. The van der Waals surface area contributed by atoms with Crippen molar-refractivity contribution in [1.82, 2.24) is 25.1 Å². The number of guanidine groups is 1. The number of likely N-dealkylation sites (tertiary alicyclic amines) is 1. The minimum atomic E-state index is 0. The molecule has 1 saturated carbocycles. The predicted molar refractivity (Wildman–Crippen MR) is 118 cm³/mol. The van der Waals surface area contributed by atoms with Gasteiger partial charge >= 0.3 is 0 Å². The van der Waals surface area contributed by atoms with Crippen LogP contribution in [0.25, 0.3) is 0 Å². The average molecular weight is 474 g/mol. The summed E-state index contributed by atoms with van der Waals surface area (Å²) in [6.45, 7) is 12.5. The van der Waals surface area contributed by atoms with Gasteiger partial charge in [0.05, 0.1) is 0 Å². The highest BCUT2D eigenvalue weighted by Gasteiger charge is 2.38. The summed E-state index contributed by atoms with van der Waals surface area (Å²) in [7, 11) is 0. The van der Waals surface area contributed by atoms with Crippen molar-refractivity contribution >= 4 is 29.9 Å². The second-order valence-electron chi connectivity index (χ2n) is 7.94. The third-order valence-corrected chi connectivity index (χ3v) is 5.07. The van der Waals surface area contributed by atoms with Crippen molar-refractivity contribution in [2.24, 2.45) is 10.9 Å². The van der Waals surface area contributed by atoms with Crippen molar-refractivity contribution in [3.8, 4) is 0 Å². The van der Waals surface area contributed by atoms with Gasteiger partial charge < -0.3 is 15.2 Å². The number of imidazole rings is 1. The Balaban J connectivity index is 0.00000243. The highest BCUT2D eigenvalue weighted by Crippen LogP contribution is 2.33. The lowest BCUT2D eigenvalue weighted by molar-refractivity contribution is 0.256. The van der Waals surface area contributed by atoms with Crippen molar-refractivity contribution in [3.05, 3.63) is 18.2 Å². The summed E-state index contributed by atoms with van der Waals surface area (Å²) in [5, 5.41) is 7.03. The fraction of sp³-hybridized carbons (Fsp3) is 0.789. The number of halogens is 1. The van der Waals surface area contributed by atoms with E-state index >= 15 is 0 Å². The Labute approximate surface area is 175 Å². The Hall–Kier alpha value is -0.830. The summed E-state index contributed by atoms with van der Waals surface area (Å²) in [6, 6.07) is 2.01. The molecule has 2 heterocycles. The average Bonchev–Trinajstić information content (AvgIpc) is 3.20. The normalized spacial score (nSPS) is 24.0. The number of aliphatic imine (C=N–C) groups is 1. The van der Waals surface area contributed by atoms with E-state index < -0.39 is 0 Å². The van der Waals surface area contributed by atoms with Crippen LogP contribution in [0.2, 0.25) is 0 Å². The Morgan fingerprint density at radius 2 is 2.15 bits per heavy atom. The van der Waals surface area contributed by atoms with Crippen LogP contribution in [0.15, 0.2) is 17.4 Å². The zero-order valence-corrected chi connectivity index (χ0v) is 18.9. The first-order chi connectivity index (χ1) is 12.1. The van der Waals surface area contributed by atoms with Crippen molar-refractivity contribution in [1.29, 1.82) is 0 Å². The molecular weight excluding hydrogens is 439 g/mol. The zero-order chi connectivity index (χ0) is 17.8. The van der Waals surface area contributed by atoms with Crippen LogP contribution in [0.3, 0.4) is 0 Å². The number of nitrogens with zero attached hydrogens (tertiary/aromatic N) is 4. The van der Waals surface area contributed by atoms with E-state index in [9.17, 15) is 0 Å². The Morgan fingerprint density at radius 1 is 1.38 bits per heavy atom. The van der Waals surface area contributed by atoms with Crippen LogP contribution in [0.4, 0.5) is 0 Å². The maximum Gasteiger partial charge on any atom is 0.191 e. The molecule has 2 unspecified atom stereocenters. The van der Waals surface area contributed by atoms with Crippen LogP contribution in [0.5, 0.6) is 0 Å². The standard InChI is InChI=1S/C19H34N6.HI/c1-5-20-19(22-11-18-21-8-9-24(18)12-14(2)3)23-16-10-15(4)25(13-16)17-6-7-17;/h8-9,14-17H,5-7,10-13H2,1-4H3,(H2,20,22,23);1H. The van der Waals surface area contributed by atoms with Crippen molar-refractivity contribution in [2.45, 2.75) is 78.2 Å². The molecule has 2 atom stereocenters. The Kier molecular flexibility index (Phi) is 8.19. The minimum absolute atomic E-state index is 0. The van der Waals surface area contributed by atoms with Gasteiger partial charge in [-0.25, -0.2) is 9.98 Å². The lowest BCUT2D eigenvalue weighted by Crippen LogP contribution is -2.44. The third kappa shape index (κ3) is 5.84. The fourth-order valence-corrected chi connectivity index (χ4v) is 3.79. The van der Waals surface area contributed by atoms with Gasteiger partial charge in [0.15, 0.2) is 5.96 Å². The SMILES string of the molecule is CCNC(=NCc1nccn1CC(C)C)NC1CC(C)N(C2CC2)C1.I. The lowest BCUT2D eigenvalue weighted by atomic mass is 10.2. The number of nitrogens with one attached hydrogen (secondary N) is 2. The molecule has 26 heavy (non-hydrogen) atoms. The topological polar surface area (TPSA) is 57.5 Å². The summed E-state index contributed by atoms with van der Waals surface area (Å²) in [6.07, 6.45) is 7.88. The maximum absolute atomic E-state index is 4.79. The van der Waals surface area contributed by atoms with E-state index in [0.717, 1.165) is 37.5 Å². The van der Waals surface area contributed by atoms with Crippen LogP contribution >= 0.6 is 24.0 Å². The van der Waals surface area contributed by atoms with Gasteiger partial charge in [0.25, 0.3) is 0 Å². The van der Waals surface area contributed by atoms with Crippen LogP contribution < -0.4 is 10.6 Å². The first-order valence-corrected chi connectivity index (χ1v) is 9.87. The highest BCUT2D eigenvalue weighted by molar-refractivity contribution is 14.0. The highest BCUT2D eigenvalue weighted by atomic mass is 127. The van der Waals surface area contributed by atoms with E-state index in [-0.39, 0.29) is 24.0 Å². The Bertz CT molecular complexity index is 580. The van der Waals surface area contributed by atoms with Gasteiger partial charge in [-0.1, -0.05) is 13.8 Å². The van der Waals surface area contributed by atoms with Crippen molar-refractivity contribution < 1.29 is 0 Å². The van der Waals surface area contributed by atoms with E-state index in [1.54, 1.807) is 0 Å². The molecule has 1 aliphatic carbocycles. The summed E-state index contributed by atoms with van der Waals surface area (Å²) in [5.41, 5.74) is 0. The first kappa shape index (κ1) is 21.5. The predicted octanol–water partition coefficient (Wildman–Crippen LogP) is 2.84. The molecule has 2 N–H and O–H groups in total. The molecule has 0 bridgehead atoms.